The molecule has 0 radical (unpaired) electrons. The summed E-state index contributed by atoms with van der Waals surface area (Å²) in [5.41, 5.74) is 0.811. The molecule has 0 aliphatic carbocycles. The number of thiophene rings is 1. The van der Waals surface area contributed by atoms with Gasteiger partial charge in [-0.05, 0) is 31.2 Å². The average Bonchev–Trinajstić information content (AvgIpc) is 2.90. The Hall–Kier alpha value is -2.01. The van der Waals surface area contributed by atoms with E-state index < -0.39 is 6.04 Å². The number of nitrogens with one attached hydrogen (secondary N) is 1. The second-order valence-corrected chi connectivity index (χ2v) is 5.60. The molecule has 1 aromatic heterocycles. The van der Waals surface area contributed by atoms with E-state index in [1.807, 2.05) is 43.3 Å². The Morgan fingerprint density at radius 1 is 1.25 bits per heavy atom. The highest BCUT2D eigenvalue weighted by molar-refractivity contribution is 7.12. The Kier molecular flexibility index (Phi) is 4.63. The molecule has 1 unspecified atom stereocenters. The quantitative estimate of drug-likeness (QED) is 0.858. The van der Waals surface area contributed by atoms with E-state index in [2.05, 4.69) is 5.32 Å². The molecule has 0 aliphatic rings. The van der Waals surface area contributed by atoms with Gasteiger partial charge in [0.2, 0.25) is 0 Å². The van der Waals surface area contributed by atoms with Crippen LogP contribution in [0.15, 0.2) is 36.4 Å². The summed E-state index contributed by atoms with van der Waals surface area (Å²) in [5.74, 6) is 0.427. The average molecular weight is 291 g/mol. The molecule has 0 fully saturated rings. The fourth-order valence-corrected chi connectivity index (χ4v) is 2.77. The van der Waals surface area contributed by atoms with Crippen molar-refractivity contribution in [1.82, 2.24) is 0 Å². The first-order valence-electron chi connectivity index (χ1n) is 6.19. The lowest BCUT2D eigenvalue weighted by Gasteiger charge is -2.16. The lowest BCUT2D eigenvalue weighted by molar-refractivity contribution is -0.141. The van der Waals surface area contributed by atoms with E-state index >= 15 is 0 Å². The van der Waals surface area contributed by atoms with Crippen molar-refractivity contribution in [2.75, 3.05) is 19.5 Å². The van der Waals surface area contributed by atoms with Crippen molar-refractivity contribution in [3.05, 3.63) is 46.2 Å². The van der Waals surface area contributed by atoms with Crippen LogP contribution in [0.25, 0.3) is 0 Å². The lowest BCUT2D eigenvalue weighted by Crippen LogP contribution is -2.21. The van der Waals surface area contributed by atoms with E-state index in [9.17, 15) is 4.79 Å². The third kappa shape index (κ3) is 3.30. The van der Waals surface area contributed by atoms with Gasteiger partial charge in [-0.3, -0.25) is 0 Å². The van der Waals surface area contributed by atoms with E-state index in [-0.39, 0.29) is 5.97 Å². The van der Waals surface area contributed by atoms with Crippen molar-refractivity contribution in [3.63, 3.8) is 0 Å². The predicted octanol–water partition coefficient (Wildman–Crippen LogP) is 3.39. The van der Waals surface area contributed by atoms with Gasteiger partial charge in [-0.1, -0.05) is 6.07 Å². The molecular formula is C15H17NO3S. The third-order valence-electron chi connectivity index (χ3n) is 2.86. The summed E-state index contributed by atoms with van der Waals surface area (Å²) in [5, 5.41) is 3.19. The number of methoxy groups -OCH3 is 2. The van der Waals surface area contributed by atoms with Crippen molar-refractivity contribution in [2.24, 2.45) is 0 Å². The first kappa shape index (κ1) is 14.4. The Morgan fingerprint density at radius 3 is 2.65 bits per heavy atom. The van der Waals surface area contributed by atoms with Crippen molar-refractivity contribution in [1.29, 1.82) is 0 Å². The molecule has 1 atom stereocenters. The molecule has 1 heterocycles. The van der Waals surface area contributed by atoms with Gasteiger partial charge in [0.15, 0.2) is 6.04 Å². The maximum absolute atomic E-state index is 12.0. The van der Waals surface area contributed by atoms with Gasteiger partial charge >= 0.3 is 5.97 Å². The highest BCUT2D eigenvalue weighted by Gasteiger charge is 2.22. The van der Waals surface area contributed by atoms with Gasteiger partial charge in [-0.15, -0.1) is 11.3 Å². The summed E-state index contributed by atoms with van der Waals surface area (Å²) in [6.07, 6.45) is 0. The summed E-state index contributed by atoms with van der Waals surface area (Å²) < 4.78 is 10.1. The van der Waals surface area contributed by atoms with Crippen molar-refractivity contribution >= 4 is 23.0 Å². The maximum Gasteiger partial charge on any atom is 0.333 e. The number of hydrogen-bond acceptors (Lipinski definition) is 5. The molecule has 20 heavy (non-hydrogen) atoms. The minimum atomic E-state index is -0.509. The standard InChI is InChI=1S/C15H17NO3S/c1-10-7-8-13(20-10)14(15(17)19-3)16-11-5-4-6-12(9-11)18-2/h4-9,14,16H,1-3H3. The van der Waals surface area contributed by atoms with Gasteiger partial charge in [0.05, 0.1) is 14.2 Å². The molecule has 2 rings (SSSR count). The zero-order chi connectivity index (χ0) is 14.5. The number of carbonyl (C=O) groups excluding carboxylic acids is 1. The van der Waals surface area contributed by atoms with Crippen molar-refractivity contribution in [2.45, 2.75) is 13.0 Å². The fourth-order valence-electron chi connectivity index (χ4n) is 1.85. The van der Waals surface area contributed by atoms with Crippen LogP contribution in [0, 0.1) is 6.92 Å². The van der Waals surface area contributed by atoms with Gasteiger partial charge in [-0.2, -0.15) is 0 Å². The van der Waals surface area contributed by atoms with Crippen LogP contribution in [0.1, 0.15) is 15.8 Å². The number of ether oxygens (including phenoxy) is 2. The van der Waals surface area contributed by atoms with Crippen LogP contribution in [0.4, 0.5) is 5.69 Å². The largest absolute Gasteiger partial charge is 0.497 e. The SMILES string of the molecule is COC(=O)C(Nc1cccc(OC)c1)c1ccc(C)s1. The smallest absolute Gasteiger partial charge is 0.333 e. The van der Waals surface area contributed by atoms with E-state index in [1.165, 1.54) is 7.11 Å². The van der Waals surface area contributed by atoms with Gasteiger partial charge in [-0.25, -0.2) is 4.79 Å². The number of rotatable bonds is 5. The van der Waals surface area contributed by atoms with Crippen LogP contribution in [0.2, 0.25) is 0 Å². The molecule has 0 bridgehead atoms. The third-order valence-corrected chi connectivity index (χ3v) is 3.93. The minimum Gasteiger partial charge on any atom is -0.497 e. The number of carbonyl (C=O) groups is 1. The number of hydrogen-bond donors (Lipinski definition) is 1. The van der Waals surface area contributed by atoms with Crippen LogP contribution in [0.3, 0.4) is 0 Å². The highest BCUT2D eigenvalue weighted by atomic mass is 32.1. The molecule has 0 amide bonds. The van der Waals surface area contributed by atoms with Crippen LogP contribution in [-0.4, -0.2) is 20.2 Å². The summed E-state index contributed by atoms with van der Waals surface area (Å²) in [6, 6.07) is 10.9. The number of benzene rings is 1. The molecular weight excluding hydrogens is 274 g/mol. The predicted molar refractivity (Wildman–Crippen MR) is 80.4 cm³/mol. The number of aryl methyl sites for hydroxylation is 1. The number of anilines is 1. The molecule has 1 aromatic carbocycles. The van der Waals surface area contributed by atoms with Gasteiger partial charge in [0.25, 0.3) is 0 Å². The van der Waals surface area contributed by atoms with Crippen LogP contribution in [-0.2, 0) is 9.53 Å². The molecule has 0 spiro atoms. The van der Waals surface area contributed by atoms with Gasteiger partial charge in [0.1, 0.15) is 5.75 Å². The minimum absolute atomic E-state index is 0.310. The monoisotopic (exact) mass is 291 g/mol. The van der Waals surface area contributed by atoms with Crippen LogP contribution < -0.4 is 10.1 Å². The fraction of sp³-hybridized carbons (Fsp3) is 0.267. The first-order chi connectivity index (χ1) is 9.63. The van der Waals surface area contributed by atoms with Gasteiger partial charge < -0.3 is 14.8 Å². The molecule has 2 aromatic rings. The van der Waals surface area contributed by atoms with Crippen LogP contribution >= 0.6 is 11.3 Å². The molecule has 0 saturated heterocycles. The van der Waals surface area contributed by atoms with Gasteiger partial charge in [0, 0.05) is 21.5 Å². The second-order valence-electron chi connectivity index (χ2n) is 4.28. The molecule has 0 aliphatic heterocycles. The zero-order valence-electron chi connectivity index (χ0n) is 11.7. The van der Waals surface area contributed by atoms with E-state index in [4.69, 9.17) is 9.47 Å². The topological polar surface area (TPSA) is 47.6 Å². The molecule has 106 valence electrons. The highest BCUT2D eigenvalue weighted by Crippen LogP contribution is 2.28. The maximum atomic E-state index is 12.0. The van der Waals surface area contributed by atoms with Crippen LogP contribution in [0.5, 0.6) is 5.75 Å². The Morgan fingerprint density at radius 2 is 2.05 bits per heavy atom. The van der Waals surface area contributed by atoms with E-state index in [1.54, 1.807) is 18.4 Å². The zero-order valence-corrected chi connectivity index (χ0v) is 12.5. The Bertz CT molecular complexity index is 594. The van der Waals surface area contributed by atoms with E-state index in [0.717, 1.165) is 21.2 Å². The first-order valence-corrected chi connectivity index (χ1v) is 7.00. The van der Waals surface area contributed by atoms with Crippen molar-refractivity contribution < 1.29 is 14.3 Å². The molecule has 5 heteroatoms. The number of esters is 1. The second kappa shape index (κ2) is 6.43. The summed E-state index contributed by atoms with van der Waals surface area (Å²) in [6.45, 7) is 2.01. The lowest BCUT2D eigenvalue weighted by atomic mass is 10.2. The molecule has 0 saturated carbocycles. The summed E-state index contributed by atoms with van der Waals surface area (Å²) in [4.78, 5) is 14.1. The van der Waals surface area contributed by atoms with Crippen molar-refractivity contribution in [3.8, 4) is 5.75 Å². The summed E-state index contributed by atoms with van der Waals surface area (Å²) >= 11 is 1.57. The Labute approximate surface area is 122 Å². The summed E-state index contributed by atoms with van der Waals surface area (Å²) in [7, 11) is 3.00. The normalized spacial score (nSPS) is 11.8. The van der Waals surface area contributed by atoms with E-state index in [0.29, 0.717) is 0 Å². The molecule has 4 nitrogen and oxygen atoms in total. The molecule has 1 N–H and O–H groups in total. The Balaban J connectivity index is 2.25.